The number of ether oxygens (including phenoxy) is 1. The molecule has 2 aromatic rings. The van der Waals surface area contributed by atoms with Crippen molar-refractivity contribution < 1.29 is 17.9 Å². The summed E-state index contributed by atoms with van der Waals surface area (Å²) in [4.78, 5) is 22.3. The van der Waals surface area contributed by atoms with E-state index in [2.05, 4.69) is 19.7 Å². The van der Waals surface area contributed by atoms with Crippen molar-refractivity contribution in [3.05, 3.63) is 66.8 Å². The van der Waals surface area contributed by atoms with Gasteiger partial charge in [-0.3, -0.25) is 9.78 Å². The lowest BCUT2D eigenvalue weighted by Crippen LogP contribution is -2.40. The molecule has 0 radical (unpaired) electrons. The zero-order valence-corrected chi connectivity index (χ0v) is 15.3. The first-order valence-corrected chi connectivity index (χ1v) is 9.94. The highest BCUT2D eigenvalue weighted by Gasteiger charge is 2.29. The Bertz CT molecular complexity index is 1110. The van der Waals surface area contributed by atoms with E-state index in [1.54, 1.807) is 41.4 Å². The summed E-state index contributed by atoms with van der Waals surface area (Å²) in [5.41, 5.74) is 0.652. The van der Waals surface area contributed by atoms with Crippen molar-refractivity contribution in [3.8, 4) is 11.6 Å². The van der Waals surface area contributed by atoms with Crippen LogP contribution in [-0.4, -0.2) is 47.3 Å². The van der Waals surface area contributed by atoms with E-state index in [9.17, 15) is 13.2 Å². The lowest BCUT2D eigenvalue weighted by Gasteiger charge is -2.28. The molecular formula is C18H15N5O4S. The Morgan fingerprint density at radius 2 is 2.14 bits per heavy atom. The van der Waals surface area contributed by atoms with Gasteiger partial charge in [-0.15, -0.1) is 4.40 Å². The van der Waals surface area contributed by atoms with E-state index in [1.165, 1.54) is 24.7 Å². The first-order chi connectivity index (χ1) is 13.5. The van der Waals surface area contributed by atoms with Gasteiger partial charge in [0.05, 0.1) is 17.5 Å². The second-order valence-corrected chi connectivity index (χ2v) is 7.70. The van der Waals surface area contributed by atoms with Gasteiger partial charge in [-0.2, -0.15) is 0 Å². The SMILES string of the molecule is O=C(Nc1cccc(Oc2cnccn2)c1)C1=CC=CN2CCS(=O)(=O)N=C12. The standard InChI is InChI=1S/C18H15N5O4S/c24-18(15-5-2-8-23-9-10-28(25,26)22-17(15)23)21-13-3-1-4-14(11-13)27-16-12-19-6-7-20-16/h1-8,11-12H,9-10H2,(H,21,24). The fourth-order valence-corrected chi connectivity index (χ4v) is 3.67. The third-order valence-electron chi connectivity index (χ3n) is 3.96. The van der Waals surface area contributed by atoms with Crippen LogP contribution in [0.15, 0.2) is 71.2 Å². The number of carbonyl (C=O) groups is 1. The molecule has 3 heterocycles. The Morgan fingerprint density at radius 3 is 2.96 bits per heavy atom. The Kier molecular flexibility index (Phi) is 4.62. The molecule has 4 rings (SSSR count). The van der Waals surface area contributed by atoms with Crippen molar-refractivity contribution in [2.24, 2.45) is 4.40 Å². The normalized spacial score (nSPS) is 17.2. The van der Waals surface area contributed by atoms with Crippen molar-refractivity contribution in [1.82, 2.24) is 14.9 Å². The van der Waals surface area contributed by atoms with Gasteiger partial charge >= 0.3 is 0 Å². The van der Waals surface area contributed by atoms with Crippen LogP contribution < -0.4 is 10.1 Å². The number of nitrogens with zero attached hydrogens (tertiary/aromatic N) is 4. The molecule has 0 atom stereocenters. The van der Waals surface area contributed by atoms with Crippen molar-refractivity contribution in [2.75, 3.05) is 17.6 Å². The van der Waals surface area contributed by atoms with Crippen LogP contribution >= 0.6 is 0 Å². The molecule has 0 fully saturated rings. The molecule has 0 aliphatic carbocycles. The van der Waals surface area contributed by atoms with Gasteiger partial charge in [0.15, 0.2) is 5.84 Å². The molecule has 10 heteroatoms. The van der Waals surface area contributed by atoms with Crippen molar-refractivity contribution in [3.63, 3.8) is 0 Å². The first kappa shape index (κ1) is 17.9. The van der Waals surface area contributed by atoms with E-state index in [-0.39, 0.29) is 23.7 Å². The van der Waals surface area contributed by atoms with Crippen LogP contribution in [0.2, 0.25) is 0 Å². The van der Waals surface area contributed by atoms with Gasteiger partial charge in [0.2, 0.25) is 5.88 Å². The quantitative estimate of drug-likeness (QED) is 0.835. The van der Waals surface area contributed by atoms with Gasteiger partial charge < -0.3 is 15.0 Å². The lowest BCUT2D eigenvalue weighted by atomic mass is 10.1. The number of hydrogen-bond donors (Lipinski definition) is 1. The number of benzene rings is 1. The maximum atomic E-state index is 12.7. The van der Waals surface area contributed by atoms with Crippen LogP contribution in [0, 0.1) is 0 Å². The van der Waals surface area contributed by atoms with Crippen molar-refractivity contribution >= 4 is 27.5 Å². The minimum absolute atomic E-state index is 0.0858. The summed E-state index contributed by atoms with van der Waals surface area (Å²) in [5, 5.41) is 2.74. The summed E-state index contributed by atoms with van der Waals surface area (Å²) in [7, 11) is -3.58. The van der Waals surface area contributed by atoms with E-state index in [1.807, 2.05) is 0 Å². The summed E-state index contributed by atoms with van der Waals surface area (Å²) in [5.74, 6) is 0.357. The summed E-state index contributed by atoms with van der Waals surface area (Å²) in [6.45, 7) is 0.254. The predicted molar refractivity (Wildman–Crippen MR) is 102 cm³/mol. The van der Waals surface area contributed by atoms with Gasteiger partial charge in [-0.05, 0) is 24.3 Å². The van der Waals surface area contributed by atoms with Gasteiger partial charge in [0, 0.05) is 36.9 Å². The predicted octanol–water partition coefficient (Wildman–Crippen LogP) is 1.70. The van der Waals surface area contributed by atoms with Crippen LogP contribution in [0.4, 0.5) is 5.69 Å². The van der Waals surface area contributed by atoms with E-state index in [0.29, 0.717) is 17.3 Å². The van der Waals surface area contributed by atoms with E-state index < -0.39 is 15.9 Å². The number of anilines is 1. The number of sulfonamides is 1. The van der Waals surface area contributed by atoms with Crippen LogP contribution in [0.3, 0.4) is 0 Å². The molecule has 1 aromatic heterocycles. The van der Waals surface area contributed by atoms with Crippen LogP contribution in [0.25, 0.3) is 0 Å². The average molecular weight is 397 g/mol. The summed E-state index contributed by atoms with van der Waals surface area (Å²) in [6, 6.07) is 6.75. The molecule has 2 aliphatic heterocycles. The van der Waals surface area contributed by atoms with Crippen molar-refractivity contribution in [2.45, 2.75) is 0 Å². The van der Waals surface area contributed by atoms with Crippen LogP contribution in [0.1, 0.15) is 0 Å². The molecule has 9 nitrogen and oxygen atoms in total. The number of fused-ring (bicyclic) bond motifs is 1. The Balaban J connectivity index is 1.54. The fourth-order valence-electron chi connectivity index (χ4n) is 2.69. The minimum atomic E-state index is -3.58. The maximum absolute atomic E-state index is 12.7. The molecule has 2 aliphatic rings. The number of amides is 1. The highest BCUT2D eigenvalue weighted by Crippen LogP contribution is 2.24. The number of amidine groups is 1. The Hall–Kier alpha value is -3.53. The second-order valence-electron chi connectivity index (χ2n) is 5.94. The minimum Gasteiger partial charge on any atom is -0.437 e. The molecule has 28 heavy (non-hydrogen) atoms. The Labute approximate surface area is 161 Å². The molecule has 0 saturated carbocycles. The summed E-state index contributed by atoms with van der Waals surface area (Å²) < 4.78 is 33.0. The molecule has 0 saturated heterocycles. The summed E-state index contributed by atoms with van der Waals surface area (Å²) >= 11 is 0. The lowest BCUT2D eigenvalue weighted by molar-refractivity contribution is -0.112. The molecule has 1 aromatic carbocycles. The third kappa shape index (κ3) is 3.91. The number of rotatable bonds is 4. The van der Waals surface area contributed by atoms with Gasteiger partial charge in [-0.25, -0.2) is 13.4 Å². The van der Waals surface area contributed by atoms with Crippen LogP contribution in [-0.2, 0) is 14.8 Å². The topological polar surface area (TPSA) is 114 Å². The molecule has 0 bridgehead atoms. The first-order valence-electron chi connectivity index (χ1n) is 8.34. The number of allylic oxidation sites excluding steroid dienone is 2. The van der Waals surface area contributed by atoms with E-state index >= 15 is 0 Å². The number of carbonyl (C=O) groups excluding carboxylic acids is 1. The van der Waals surface area contributed by atoms with E-state index in [4.69, 9.17) is 4.74 Å². The molecule has 1 N–H and O–H groups in total. The molecule has 142 valence electrons. The molecule has 1 amide bonds. The third-order valence-corrected chi connectivity index (χ3v) is 5.11. The average Bonchev–Trinajstić information content (AvgIpc) is 2.68. The smallest absolute Gasteiger partial charge is 0.259 e. The molecule has 0 spiro atoms. The molecule has 0 unspecified atom stereocenters. The molecular weight excluding hydrogens is 382 g/mol. The number of aromatic nitrogens is 2. The highest BCUT2D eigenvalue weighted by molar-refractivity contribution is 7.90. The van der Waals surface area contributed by atoms with Gasteiger partial charge in [0.25, 0.3) is 15.9 Å². The largest absolute Gasteiger partial charge is 0.437 e. The fraction of sp³-hybridized carbons (Fsp3) is 0.111. The van der Waals surface area contributed by atoms with Crippen LogP contribution in [0.5, 0.6) is 11.6 Å². The van der Waals surface area contributed by atoms with E-state index in [0.717, 1.165) is 0 Å². The number of hydrogen-bond acceptors (Lipinski definition) is 7. The van der Waals surface area contributed by atoms with Gasteiger partial charge in [-0.1, -0.05) is 6.07 Å². The number of nitrogens with one attached hydrogen (secondary N) is 1. The second kappa shape index (κ2) is 7.24. The zero-order valence-electron chi connectivity index (χ0n) is 14.5. The summed E-state index contributed by atoms with van der Waals surface area (Å²) in [6.07, 6.45) is 9.42. The van der Waals surface area contributed by atoms with Gasteiger partial charge in [0.1, 0.15) is 5.75 Å². The maximum Gasteiger partial charge on any atom is 0.259 e. The highest BCUT2D eigenvalue weighted by atomic mass is 32.2. The Morgan fingerprint density at radius 1 is 1.25 bits per heavy atom. The zero-order chi connectivity index (χ0) is 19.6. The van der Waals surface area contributed by atoms with Crippen molar-refractivity contribution in [1.29, 1.82) is 0 Å². The monoisotopic (exact) mass is 397 g/mol.